The first-order chi connectivity index (χ1) is 13.7. The highest BCUT2D eigenvalue weighted by molar-refractivity contribution is 5.90. The summed E-state index contributed by atoms with van der Waals surface area (Å²) in [7, 11) is 0. The molecule has 0 fully saturated rings. The number of amides is 1. The highest BCUT2D eigenvalue weighted by Gasteiger charge is 2.15. The molecule has 0 unspecified atom stereocenters. The van der Waals surface area contributed by atoms with Crippen molar-refractivity contribution in [3.63, 3.8) is 0 Å². The molecule has 0 radical (unpaired) electrons. The molecule has 2 heterocycles. The van der Waals surface area contributed by atoms with Crippen LogP contribution in [0.1, 0.15) is 28.8 Å². The van der Waals surface area contributed by atoms with Crippen LogP contribution in [-0.2, 0) is 30.7 Å². The van der Waals surface area contributed by atoms with Crippen LogP contribution in [0.4, 0.5) is 0 Å². The average molecular weight is 375 g/mol. The first kappa shape index (κ1) is 18.5. The maximum atomic E-state index is 11.0. The van der Waals surface area contributed by atoms with Crippen molar-refractivity contribution < 1.29 is 10.0 Å². The molecule has 28 heavy (non-hydrogen) atoms. The van der Waals surface area contributed by atoms with Gasteiger partial charge in [-0.3, -0.25) is 10.0 Å². The predicted molar refractivity (Wildman–Crippen MR) is 111 cm³/mol. The molecular formula is C23H25N3O2. The Morgan fingerprint density at radius 1 is 1.18 bits per heavy atom. The van der Waals surface area contributed by atoms with Crippen molar-refractivity contribution in [2.75, 3.05) is 6.54 Å². The molecule has 1 aliphatic heterocycles. The number of nitrogens with zero attached hydrogens (tertiary/aromatic N) is 1. The van der Waals surface area contributed by atoms with Crippen LogP contribution in [0.2, 0.25) is 0 Å². The summed E-state index contributed by atoms with van der Waals surface area (Å²) in [6.07, 6.45) is 6.44. The zero-order valence-electron chi connectivity index (χ0n) is 15.8. The normalized spacial score (nSPS) is 13.3. The van der Waals surface area contributed by atoms with Gasteiger partial charge in [0.15, 0.2) is 0 Å². The van der Waals surface area contributed by atoms with Crippen LogP contribution in [0.3, 0.4) is 0 Å². The molecular weight excluding hydrogens is 350 g/mol. The molecule has 0 bridgehead atoms. The van der Waals surface area contributed by atoms with Gasteiger partial charge in [0.2, 0.25) is 0 Å². The maximum absolute atomic E-state index is 11.0. The van der Waals surface area contributed by atoms with Gasteiger partial charge in [0.1, 0.15) is 0 Å². The van der Waals surface area contributed by atoms with Gasteiger partial charge in [0.05, 0.1) is 0 Å². The summed E-state index contributed by atoms with van der Waals surface area (Å²) >= 11 is 0. The van der Waals surface area contributed by atoms with Crippen molar-refractivity contribution in [1.82, 2.24) is 15.4 Å². The summed E-state index contributed by atoms with van der Waals surface area (Å²) in [6, 6.07) is 17.0. The van der Waals surface area contributed by atoms with Crippen molar-refractivity contribution in [3.8, 4) is 0 Å². The lowest BCUT2D eigenvalue weighted by atomic mass is 10.1. The predicted octanol–water partition coefficient (Wildman–Crippen LogP) is 3.44. The number of hydroxylamine groups is 1. The Bertz CT molecular complexity index is 1000. The van der Waals surface area contributed by atoms with Gasteiger partial charge in [-0.2, -0.15) is 0 Å². The molecule has 0 spiro atoms. The molecule has 0 saturated carbocycles. The first-order valence-corrected chi connectivity index (χ1v) is 9.76. The summed E-state index contributed by atoms with van der Waals surface area (Å²) in [5.74, 6) is -0.533. The van der Waals surface area contributed by atoms with Crippen LogP contribution >= 0.6 is 0 Å². The SMILES string of the molecule is O=C(/C=C/c1ccc(CNCCc2cccc3c2cc2n3CCC2)cc1)NO. The second-order valence-electron chi connectivity index (χ2n) is 7.22. The lowest BCUT2D eigenvalue weighted by Crippen LogP contribution is -2.16. The summed E-state index contributed by atoms with van der Waals surface area (Å²) in [4.78, 5) is 11.0. The molecule has 5 heteroatoms. The van der Waals surface area contributed by atoms with Crippen LogP contribution in [0, 0.1) is 0 Å². The van der Waals surface area contributed by atoms with E-state index >= 15 is 0 Å². The van der Waals surface area contributed by atoms with E-state index in [2.05, 4.69) is 34.1 Å². The minimum absolute atomic E-state index is 0.533. The highest BCUT2D eigenvalue weighted by Crippen LogP contribution is 2.28. The van der Waals surface area contributed by atoms with Crippen LogP contribution in [0.25, 0.3) is 17.0 Å². The number of aryl methyl sites for hydroxylation is 2. The topological polar surface area (TPSA) is 66.3 Å². The number of benzene rings is 2. The van der Waals surface area contributed by atoms with Crippen molar-refractivity contribution >= 4 is 22.9 Å². The molecule has 4 rings (SSSR count). The molecule has 1 aliphatic rings. The van der Waals surface area contributed by atoms with Crippen molar-refractivity contribution in [3.05, 3.63) is 77.0 Å². The zero-order valence-corrected chi connectivity index (χ0v) is 15.8. The number of hydrogen-bond donors (Lipinski definition) is 3. The van der Waals surface area contributed by atoms with Gasteiger partial charge in [0, 0.05) is 35.8 Å². The fraction of sp³-hybridized carbons (Fsp3) is 0.261. The Balaban J connectivity index is 1.31. The standard InChI is InChI=1S/C23H25N3O2/c27-23(25-28)11-10-17-6-8-18(9-7-17)16-24-13-12-19-3-1-5-22-21(19)15-20-4-2-14-26(20)22/h1,3,5-11,15,24,28H,2,4,12-14,16H2,(H,25,27)/b11-10+. The summed E-state index contributed by atoms with van der Waals surface area (Å²) in [6.45, 7) is 2.89. The Hall–Kier alpha value is -2.89. The molecule has 0 atom stereocenters. The molecule has 2 aromatic carbocycles. The second kappa shape index (κ2) is 8.42. The van der Waals surface area contributed by atoms with Crippen LogP contribution < -0.4 is 10.8 Å². The largest absolute Gasteiger partial charge is 0.345 e. The van der Waals surface area contributed by atoms with Crippen LogP contribution in [0.5, 0.6) is 0 Å². The molecule has 1 amide bonds. The van der Waals surface area contributed by atoms with Crippen LogP contribution in [-0.4, -0.2) is 22.2 Å². The number of hydrogen-bond acceptors (Lipinski definition) is 3. The van der Waals surface area contributed by atoms with Crippen LogP contribution in [0.15, 0.2) is 54.6 Å². The second-order valence-corrected chi connectivity index (χ2v) is 7.22. The monoisotopic (exact) mass is 375 g/mol. The van der Waals surface area contributed by atoms with Gasteiger partial charge in [0.25, 0.3) is 5.91 Å². The van der Waals surface area contributed by atoms with E-state index in [-0.39, 0.29) is 0 Å². The number of rotatable bonds is 7. The molecule has 1 aromatic heterocycles. The third-order valence-corrected chi connectivity index (χ3v) is 5.35. The van der Waals surface area contributed by atoms with Gasteiger partial charge < -0.3 is 9.88 Å². The number of carbonyl (C=O) groups is 1. The van der Waals surface area contributed by atoms with Crippen molar-refractivity contribution in [2.24, 2.45) is 0 Å². The van der Waals surface area contributed by atoms with E-state index in [4.69, 9.17) is 5.21 Å². The Morgan fingerprint density at radius 2 is 2.04 bits per heavy atom. The number of aromatic nitrogens is 1. The average Bonchev–Trinajstić information content (AvgIpc) is 3.32. The lowest BCUT2D eigenvalue weighted by molar-refractivity contribution is -0.124. The number of fused-ring (bicyclic) bond motifs is 3. The quantitative estimate of drug-likeness (QED) is 0.256. The minimum Gasteiger partial charge on any atom is -0.345 e. The Labute approximate surface area is 164 Å². The van der Waals surface area contributed by atoms with Gasteiger partial charge in [-0.25, -0.2) is 5.48 Å². The van der Waals surface area contributed by atoms with E-state index in [9.17, 15) is 4.79 Å². The third-order valence-electron chi connectivity index (χ3n) is 5.35. The zero-order chi connectivity index (χ0) is 19.3. The summed E-state index contributed by atoms with van der Waals surface area (Å²) in [5, 5.41) is 13.4. The van der Waals surface area contributed by atoms with Crippen molar-refractivity contribution in [2.45, 2.75) is 32.4 Å². The molecule has 3 N–H and O–H groups in total. The van der Waals surface area contributed by atoms with E-state index < -0.39 is 5.91 Å². The summed E-state index contributed by atoms with van der Waals surface area (Å²) < 4.78 is 2.46. The summed E-state index contributed by atoms with van der Waals surface area (Å²) in [5.41, 5.74) is 7.96. The van der Waals surface area contributed by atoms with E-state index in [0.717, 1.165) is 31.6 Å². The number of carbonyl (C=O) groups excluding carboxylic acids is 1. The van der Waals surface area contributed by atoms with E-state index in [1.54, 1.807) is 11.6 Å². The molecule has 5 nitrogen and oxygen atoms in total. The molecule has 144 valence electrons. The fourth-order valence-electron chi connectivity index (χ4n) is 3.92. The van der Waals surface area contributed by atoms with Crippen molar-refractivity contribution in [1.29, 1.82) is 0 Å². The van der Waals surface area contributed by atoms with Gasteiger partial charge in [-0.1, -0.05) is 36.4 Å². The molecule has 3 aromatic rings. The van der Waals surface area contributed by atoms with Gasteiger partial charge >= 0.3 is 0 Å². The van der Waals surface area contributed by atoms with Gasteiger partial charge in [-0.15, -0.1) is 0 Å². The van der Waals surface area contributed by atoms with E-state index in [1.165, 1.54) is 46.6 Å². The smallest absolute Gasteiger partial charge is 0.267 e. The van der Waals surface area contributed by atoms with Gasteiger partial charge in [-0.05, 0) is 60.7 Å². The Kier molecular flexibility index (Phi) is 5.55. The Morgan fingerprint density at radius 3 is 2.86 bits per heavy atom. The van der Waals surface area contributed by atoms with E-state index in [0.29, 0.717) is 0 Å². The number of nitrogens with one attached hydrogen (secondary N) is 2. The highest BCUT2D eigenvalue weighted by atomic mass is 16.5. The first-order valence-electron chi connectivity index (χ1n) is 9.76. The third kappa shape index (κ3) is 4.01. The lowest BCUT2D eigenvalue weighted by Gasteiger charge is -2.08. The van der Waals surface area contributed by atoms with E-state index in [1.807, 2.05) is 24.3 Å². The minimum atomic E-state index is -0.533. The maximum Gasteiger partial charge on any atom is 0.267 e. The molecule has 0 saturated heterocycles. The molecule has 0 aliphatic carbocycles. The fourth-order valence-corrected chi connectivity index (χ4v) is 3.92.